The summed E-state index contributed by atoms with van der Waals surface area (Å²) in [6, 6.07) is 5.88. The largest absolute Gasteiger partial charge is 0.480 e. The number of rotatable bonds is 7. The van der Waals surface area contributed by atoms with E-state index in [0.717, 1.165) is 5.56 Å². The Morgan fingerprint density at radius 2 is 1.77 bits per heavy atom. The first-order chi connectivity index (χ1) is 10.3. The predicted molar refractivity (Wildman–Crippen MR) is 80.5 cm³/mol. The van der Waals surface area contributed by atoms with Crippen LogP contribution in [-0.2, 0) is 20.7 Å². The number of carboxylic acid groups (broad SMARTS) is 1. The Balaban J connectivity index is 2.53. The van der Waals surface area contributed by atoms with Crippen LogP contribution in [0.3, 0.4) is 0 Å². The van der Waals surface area contributed by atoms with Crippen molar-refractivity contribution in [3.63, 3.8) is 0 Å². The van der Waals surface area contributed by atoms with E-state index in [0.29, 0.717) is 12.0 Å². The van der Waals surface area contributed by atoms with E-state index in [1.54, 1.807) is 38.1 Å². The monoisotopic (exact) mass is 307 g/mol. The molecule has 6 heteroatoms. The molecule has 2 N–H and O–H groups in total. The summed E-state index contributed by atoms with van der Waals surface area (Å²) in [6.45, 7) is 3.48. The molecule has 0 spiro atoms. The van der Waals surface area contributed by atoms with Crippen LogP contribution in [0.25, 0.3) is 0 Å². The third-order valence-electron chi connectivity index (χ3n) is 3.26. The zero-order valence-electron chi connectivity index (χ0n) is 13.0. The van der Waals surface area contributed by atoms with E-state index in [2.05, 4.69) is 10.1 Å². The number of aliphatic carboxylic acids is 1. The van der Waals surface area contributed by atoms with Gasteiger partial charge in [0.2, 0.25) is 5.91 Å². The van der Waals surface area contributed by atoms with Gasteiger partial charge in [-0.05, 0) is 30.0 Å². The Hall–Kier alpha value is -2.37. The second-order valence-electron chi connectivity index (χ2n) is 5.32. The van der Waals surface area contributed by atoms with E-state index in [1.165, 1.54) is 7.11 Å². The number of carboxylic acids is 1. The van der Waals surface area contributed by atoms with Gasteiger partial charge in [-0.2, -0.15) is 0 Å². The summed E-state index contributed by atoms with van der Waals surface area (Å²) in [7, 11) is 1.31. The molecule has 0 heterocycles. The maximum Gasteiger partial charge on any atom is 0.337 e. The molecular weight excluding hydrogens is 286 g/mol. The summed E-state index contributed by atoms with van der Waals surface area (Å²) in [5.41, 5.74) is 1.33. The maximum atomic E-state index is 11.8. The van der Waals surface area contributed by atoms with Gasteiger partial charge in [0.15, 0.2) is 0 Å². The van der Waals surface area contributed by atoms with Crippen LogP contribution < -0.4 is 5.32 Å². The molecule has 1 amide bonds. The summed E-state index contributed by atoms with van der Waals surface area (Å²) in [5.74, 6) is -1.93. The van der Waals surface area contributed by atoms with Crippen molar-refractivity contribution in [1.82, 2.24) is 5.32 Å². The molecule has 120 valence electrons. The van der Waals surface area contributed by atoms with Gasteiger partial charge >= 0.3 is 11.9 Å². The van der Waals surface area contributed by atoms with Crippen molar-refractivity contribution in [2.45, 2.75) is 32.7 Å². The van der Waals surface area contributed by atoms with E-state index in [4.69, 9.17) is 5.11 Å². The summed E-state index contributed by atoms with van der Waals surface area (Å²) < 4.78 is 4.60. The highest BCUT2D eigenvalue weighted by atomic mass is 16.5. The summed E-state index contributed by atoms with van der Waals surface area (Å²) in [6.07, 6.45) is 0.659. The van der Waals surface area contributed by atoms with Gasteiger partial charge in [-0.3, -0.25) is 4.79 Å². The van der Waals surface area contributed by atoms with E-state index >= 15 is 0 Å². The van der Waals surface area contributed by atoms with Crippen molar-refractivity contribution in [3.05, 3.63) is 35.4 Å². The fraction of sp³-hybridized carbons (Fsp3) is 0.438. The Kier molecular flexibility index (Phi) is 6.56. The minimum absolute atomic E-state index is 0.180. The highest BCUT2D eigenvalue weighted by Crippen LogP contribution is 2.09. The predicted octanol–water partition coefficient (Wildman–Crippen LogP) is 1.63. The molecule has 22 heavy (non-hydrogen) atoms. The molecule has 0 bridgehead atoms. The van der Waals surface area contributed by atoms with Gasteiger partial charge in [0.25, 0.3) is 0 Å². The molecular formula is C16H21NO5. The number of hydrogen-bond donors (Lipinski definition) is 2. The average molecular weight is 307 g/mol. The van der Waals surface area contributed by atoms with Crippen molar-refractivity contribution in [2.75, 3.05) is 7.11 Å². The zero-order valence-corrected chi connectivity index (χ0v) is 13.0. The van der Waals surface area contributed by atoms with Crippen LogP contribution in [0.4, 0.5) is 0 Å². The molecule has 1 aromatic carbocycles. The van der Waals surface area contributed by atoms with E-state index in [9.17, 15) is 14.4 Å². The molecule has 0 aliphatic heterocycles. The highest BCUT2D eigenvalue weighted by Gasteiger charge is 2.23. The molecule has 1 atom stereocenters. The Labute approximate surface area is 129 Å². The third kappa shape index (κ3) is 5.20. The van der Waals surface area contributed by atoms with Gasteiger partial charge in [0, 0.05) is 6.42 Å². The number of ether oxygens (including phenoxy) is 1. The molecule has 6 nitrogen and oxygen atoms in total. The minimum atomic E-state index is -1.04. The van der Waals surface area contributed by atoms with Crippen LogP contribution in [0.5, 0.6) is 0 Å². The first-order valence-electron chi connectivity index (χ1n) is 7.04. The fourth-order valence-corrected chi connectivity index (χ4v) is 1.94. The van der Waals surface area contributed by atoms with Crippen molar-refractivity contribution in [2.24, 2.45) is 5.92 Å². The van der Waals surface area contributed by atoms with Crippen LogP contribution >= 0.6 is 0 Å². The lowest BCUT2D eigenvalue weighted by Crippen LogP contribution is -2.44. The molecule has 0 fully saturated rings. The number of amides is 1. The Bertz CT molecular complexity index is 536. The van der Waals surface area contributed by atoms with Crippen LogP contribution in [0.1, 0.15) is 36.2 Å². The van der Waals surface area contributed by atoms with Gasteiger partial charge in [0.1, 0.15) is 6.04 Å². The maximum absolute atomic E-state index is 11.8. The van der Waals surface area contributed by atoms with Crippen molar-refractivity contribution < 1.29 is 24.2 Å². The normalized spacial score (nSPS) is 11.8. The quantitative estimate of drug-likeness (QED) is 0.747. The van der Waals surface area contributed by atoms with Gasteiger partial charge in [-0.15, -0.1) is 0 Å². The lowest BCUT2D eigenvalue weighted by Gasteiger charge is -2.17. The molecule has 1 aromatic rings. The molecule has 0 radical (unpaired) electrons. The van der Waals surface area contributed by atoms with Gasteiger partial charge in [-0.1, -0.05) is 26.0 Å². The zero-order chi connectivity index (χ0) is 16.7. The van der Waals surface area contributed by atoms with Crippen LogP contribution in [0, 0.1) is 5.92 Å². The number of methoxy groups -OCH3 is 1. The number of carbonyl (C=O) groups is 3. The second kappa shape index (κ2) is 8.17. The first kappa shape index (κ1) is 17.7. The van der Waals surface area contributed by atoms with Gasteiger partial charge in [-0.25, -0.2) is 9.59 Å². The molecule has 0 saturated heterocycles. The molecule has 0 aliphatic rings. The van der Waals surface area contributed by atoms with Crippen LogP contribution in [-0.4, -0.2) is 36.1 Å². The number of carbonyl (C=O) groups excluding carboxylic acids is 2. The molecule has 1 rings (SSSR count). The minimum Gasteiger partial charge on any atom is -0.480 e. The number of nitrogens with one attached hydrogen (secondary N) is 1. The molecule has 0 aliphatic carbocycles. The molecule has 0 aromatic heterocycles. The number of hydrogen-bond acceptors (Lipinski definition) is 4. The standard InChI is InChI=1S/C16H21NO5/c1-10(2)14(15(19)20)17-13(18)9-6-11-4-7-12(8-5-11)16(21)22-3/h4-5,7-8,10,14H,6,9H2,1-3H3,(H,17,18)(H,19,20)/t14-/m0/s1. The van der Waals surface area contributed by atoms with Crippen LogP contribution in [0.15, 0.2) is 24.3 Å². The van der Waals surface area contributed by atoms with E-state index < -0.39 is 18.0 Å². The fourth-order valence-electron chi connectivity index (χ4n) is 1.94. The smallest absolute Gasteiger partial charge is 0.337 e. The number of esters is 1. The Morgan fingerprint density at radius 3 is 2.23 bits per heavy atom. The van der Waals surface area contributed by atoms with Gasteiger partial charge < -0.3 is 15.2 Å². The summed E-state index contributed by atoms with van der Waals surface area (Å²) >= 11 is 0. The van der Waals surface area contributed by atoms with Crippen molar-refractivity contribution >= 4 is 17.8 Å². The Morgan fingerprint density at radius 1 is 1.18 bits per heavy atom. The molecule has 0 saturated carbocycles. The highest BCUT2D eigenvalue weighted by molar-refractivity contribution is 5.89. The number of aryl methyl sites for hydroxylation is 1. The van der Waals surface area contributed by atoms with E-state index in [-0.39, 0.29) is 18.2 Å². The summed E-state index contributed by atoms with van der Waals surface area (Å²) in [5, 5.41) is 11.5. The third-order valence-corrected chi connectivity index (χ3v) is 3.26. The van der Waals surface area contributed by atoms with Crippen molar-refractivity contribution in [1.29, 1.82) is 0 Å². The topological polar surface area (TPSA) is 92.7 Å². The first-order valence-corrected chi connectivity index (χ1v) is 7.04. The number of benzene rings is 1. The lowest BCUT2D eigenvalue weighted by molar-refractivity contribution is -0.143. The van der Waals surface area contributed by atoms with Crippen molar-refractivity contribution in [3.8, 4) is 0 Å². The summed E-state index contributed by atoms with van der Waals surface area (Å²) in [4.78, 5) is 34.1. The van der Waals surface area contributed by atoms with Crippen LogP contribution in [0.2, 0.25) is 0 Å². The second-order valence-corrected chi connectivity index (χ2v) is 5.32. The van der Waals surface area contributed by atoms with Gasteiger partial charge in [0.05, 0.1) is 12.7 Å². The SMILES string of the molecule is COC(=O)c1ccc(CCC(=O)N[C@H](C(=O)O)C(C)C)cc1. The van der Waals surface area contributed by atoms with E-state index in [1.807, 2.05) is 0 Å². The molecule has 0 unspecified atom stereocenters. The average Bonchev–Trinajstić information content (AvgIpc) is 2.49. The lowest BCUT2D eigenvalue weighted by atomic mass is 10.0.